The third-order valence-corrected chi connectivity index (χ3v) is 3.25. The molecule has 0 aliphatic rings. The second kappa shape index (κ2) is 10.8. The van der Waals surface area contributed by atoms with Gasteiger partial charge in [-0.15, -0.1) is 0 Å². The summed E-state index contributed by atoms with van der Waals surface area (Å²) in [6.07, 6.45) is 3.45. The molecule has 0 aliphatic heterocycles. The molecule has 1 N–H and O–H groups in total. The smallest absolute Gasteiger partial charge is 0.0701 e. The molecule has 0 radical (unpaired) electrons. The van der Waals surface area contributed by atoms with Crippen LogP contribution < -0.4 is 5.32 Å². The largest absolute Gasteiger partial charge is 0.382 e. The van der Waals surface area contributed by atoms with Crippen molar-refractivity contribution < 1.29 is 9.47 Å². The lowest BCUT2D eigenvalue weighted by Crippen LogP contribution is -2.27. The van der Waals surface area contributed by atoms with Gasteiger partial charge in [0.1, 0.15) is 0 Å². The van der Waals surface area contributed by atoms with E-state index in [1.807, 2.05) is 0 Å². The Morgan fingerprint density at radius 1 is 1.15 bits per heavy atom. The minimum atomic E-state index is 0.267. The molecule has 0 saturated carbocycles. The molecule has 0 bridgehead atoms. The number of methoxy groups -OCH3 is 1. The second-order valence-electron chi connectivity index (χ2n) is 5.07. The summed E-state index contributed by atoms with van der Waals surface area (Å²) in [5, 5.41) is 3.57. The van der Waals surface area contributed by atoms with E-state index in [4.69, 9.17) is 9.47 Å². The second-order valence-corrected chi connectivity index (χ2v) is 5.07. The first-order valence-electron chi connectivity index (χ1n) is 7.70. The molecule has 3 nitrogen and oxygen atoms in total. The van der Waals surface area contributed by atoms with Crippen LogP contribution in [0.5, 0.6) is 0 Å². The van der Waals surface area contributed by atoms with Gasteiger partial charge in [0.25, 0.3) is 0 Å². The number of aryl methyl sites for hydroxylation is 1. The summed E-state index contributed by atoms with van der Waals surface area (Å²) in [4.78, 5) is 0. The summed E-state index contributed by atoms with van der Waals surface area (Å²) in [7, 11) is 1.70. The van der Waals surface area contributed by atoms with Crippen molar-refractivity contribution in [3.63, 3.8) is 0 Å². The van der Waals surface area contributed by atoms with Gasteiger partial charge in [-0.3, -0.25) is 0 Å². The predicted molar refractivity (Wildman–Crippen MR) is 84.2 cm³/mol. The number of hydrogen-bond acceptors (Lipinski definition) is 3. The number of nitrogens with one attached hydrogen (secondary N) is 1. The van der Waals surface area contributed by atoms with Crippen molar-refractivity contribution in [2.75, 3.05) is 33.5 Å². The van der Waals surface area contributed by atoms with E-state index in [0.717, 1.165) is 19.4 Å². The Morgan fingerprint density at radius 2 is 2.00 bits per heavy atom. The molecule has 0 amide bonds. The zero-order chi connectivity index (χ0) is 14.6. The molecule has 1 aromatic rings. The van der Waals surface area contributed by atoms with Gasteiger partial charge in [-0.05, 0) is 30.5 Å². The van der Waals surface area contributed by atoms with Crippen molar-refractivity contribution in [2.24, 2.45) is 0 Å². The number of hydrogen-bond donors (Lipinski definition) is 1. The quantitative estimate of drug-likeness (QED) is 0.630. The van der Waals surface area contributed by atoms with E-state index in [-0.39, 0.29) is 6.04 Å². The molecule has 114 valence electrons. The van der Waals surface area contributed by atoms with Crippen molar-refractivity contribution in [3.05, 3.63) is 35.4 Å². The molecule has 0 aromatic heterocycles. The zero-order valence-electron chi connectivity index (χ0n) is 13.2. The molecular weight excluding hydrogens is 250 g/mol. The van der Waals surface area contributed by atoms with Crippen LogP contribution in [0.3, 0.4) is 0 Å². The minimum Gasteiger partial charge on any atom is -0.382 e. The molecule has 0 heterocycles. The van der Waals surface area contributed by atoms with Gasteiger partial charge in [0.2, 0.25) is 0 Å². The third kappa shape index (κ3) is 6.51. The first kappa shape index (κ1) is 17.2. The fraction of sp³-hybridized carbons (Fsp3) is 0.647. The number of rotatable bonds is 11. The number of benzene rings is 1. The Kier molecular flexibility index (Phi) is 9.29. The molecule has 1 atom stereocenters. The summed E-state index contributed by atoms with van der Waals surface area (Å²) in [5.74, 6) is 0. The topological polar surface area (TPSA) is 30.5 Å². The van der Waals surface area contributed by atoms with Crippen LogP contribution >= 0.6 is 0 Å². The molecule has 1 aromatic carbocycles. The van der Waals surface area contributed by atoms with Crippen molar-refractivity contribution in [3.8, 4) is 0 Å². The maximum Gasteiger partial charge on any atom is 0.0701 e. The summed E-state index contributed by atoms with van der Waals surface area (Å²) in [6, 6.07) is 9.11. The van der Waals surface area contributed by atoms with E-state index < -0.39 is 0 Å². The summed E-state index contributed by atoms with van der Waals surface area (Å²) in [6.45, 7) is 7.40. The van der Waals surface area contributed by atoms with Crippen molar-refractivity contribution in [1.82, 2.24) is 5.32 Å². The van der Waals surface area contributed by atoms with Gasteiger partial charge < -0.3 is 14.8 Å². The highest BCUT2D eigenvalue weighted by Gasteiger charge is 2.11. The van der Waals surface area contributed by atoms with E-state index in [1.165, 1.54) is 17.5 Å². The van der Waals surface area contributed by atoms with Crippen LogP contribution in [0.2, 0.25) is 0 Å². The summed E-state index contributed by atoms with van der Waals surface area (Å²) >= 11 is 0. The van der Waals surface area contributed by atoms with Crippen molar-refractivity contribution >= 4 is 0 Å². The fourth-order valence-corrected chi connectivity index (χ4v) is 2.19. The van der Waals surface area contributed by atoms with Gasteiger partial charge in [0.15, 0.2) is 0 Å². The van der Waals surface area contributed by atoms with Gasteiger partial charge in [-0.2, -0.15) is 0 Å². The standard InChI is InChI=1S/C17H29NO2/c1-4-7-15-8-6-9-16(13-15)17(18-10-5-2)14-20-12-11-19-3/h6,8-9,13,17-18H,4-5,7,10-12,14H2,1-3H3. The van der Waals surface area contributed by atoms with Crippen LogP contribution in [0.4, 0.5) is 0 Å². The van der Waals surface area contributed by atoms with Gasteiger partial charge in [-0.25, -0.2) is 0 Å². The predicted octanol–water partition coefficient (Wildman–Crippen LogP) is 3.34. The summed E-state index contributed by atoms with van der Waals surface area (Å²) < 4.78 is 10.7. The Morgan fingerprint density at radius 3 is 2.70 bits per heavy atom. The molecule has 0 spiro atoms. The fourth-order valence-electron chi connectivity index (χ4n) is 2.19. The van der Waals surface area contributed by atoms with E-state index in [0.29, 0.717) is 19.8 Å². The molecule has 20 heavy (non-hydrogen) atoms. The van der Waals surface area contributed by atoms with E-state index >= 15 is 0 Å². The van der Waals surface area contributed by atoms with Crippen LogP contribution in [0.1, 0.15) is 43.9 Å². The molecule has 0 saturated heterocycles. The Balaban J connectivity index is 2.62. The molecular formula is C17H29NO2. The van der Waals surface area contributed by atoms with Crippen LogP contribution in [-0.2, 0) is 15.9 Å². The van der Waals surface area contributed by atoms with E-state index in [9.17, 15) is 0 Å². The molecule has 0 fully saturated rings. The highest BCUT2D eigenvalue weighted by Crippen LogP contribution is 2.16. The highest BCUT2D eigenvalue weighted by molar-refractivity contribution is 5.26. The van der Waals surface area contributed by atoms with Crippen molar-refractivity contribution in [1.29, 1.82) is 0 Å². The summed E-state index contributed by atoms with van der Waals surface area (Å²) in [5.41, 5.74) is 2.73. The lowest BCUT2D eigenvalue weighted by atomic mass is 10.0. The Hall–Kier alpha value is -0.900. The van der Waals surface area contributed by atoms with Crippen LogP contribution in [0.25, 0.3) is 0 Å². The first-order chi connectivity index (χ1) is 9.81. The van der Waals surface area contributed by atoms with Crippen molar-refractivity contribution in [2.45, 2.75) is 39.2 Å². The number of ether oxygens (including phenoxy) is 2. The maximum atomic E-state index is 5.70. The Labute approximate surface area is 123 Å². The lowest BCUT2D eigenvalue weighted by molar-refractivity contribution is 0.0586. The average Bonchev–Trinajstić information content (AvgIpc) is 2.47. The SMILES string of the molecule is CCCNC(COCCOC)c1cccc(CCC)c1. The van der Waals surface area contributed by atoms with E-state index in [2.05, 4.69) is 43.4 Å². The van der Waals surface area contributed by atoms with Gasteiger partial charge >= 0.3 is 0 Å². The van der Waals surface area contributed by atoms with E-state index in [1.54, 1.807) is 7.11 Å². The molecule has 0 aliphatic carbocycles. The maximum absolute atomic E-state index is 5.70. The molecule has 1 rings (SSSR count). The first-order valence-corrected chi connectivity index (χ1v) is 7.70. The van der Waals surface area contributed by atoms with Crippen LogP contribution in [-0.4, -0.2) is 33.5 Å². The average molecular weight is 279 g/mol. The van der Waals surface area contributed by atoms with Crippen LogP contribution in [0.15, 0.2) is 24.3 Å². The Bertz CT molecular complexity index is 355. The monoisotopic (exact) mass is 279 g/mol. The van der Waals surface area contributed by atoms with Gasteiger partial charge in [0, 0.05) is 7.11 Å². The normalized spacial score (nSPS) is 12.6. The lowest BCUT2D eigenvalue weighted by Gasteiger charge is -2.20. The molecule has 3 heteroatoms. The van der Waals surface area contributed by atoms with Gasteiger partial charge in [-0.1, -0.05) is 44.5 Å². The molecule has 1 unspecified atom stereocenters. The highest BCUT2D eigenvalue weighted by atomic mass is 16.5. The van der Waals surface area contributed by atoms with Crippen LogP contribution in [0, 0.1) is 0 Å². The zero-order valence-corrected chi connectivity index (χ0v) is 13.2. The minimum absolute atomic E-state index is 0.267. The third-order valence-electron chi connectivity index (χ3n) is 3.25. The van der Waals surface area contributed by atoms with Gasteiger partial charge in [0.05, 0.1) is 25.9 Å².